The van der Waals surface area contributed by atoms with E-state index in [4.69, 9.17) is 11.6 Å². The molecule has 1 aliphatic rings. The largest absolute Gasteiger partial charge is 0.397 e. The van der Waals surface area contributed by atoms with E-state index in [1.807, 2.05) is 42.7 Å². The first-order chi connectivity index (χ1) is 15.4. The number of pyridine rings is 2. The van der Waals surface area contributed by atoms with E-state index >= 15 is 0 Å². The monoisotopic (exact) mass is 430 g/mol. The zero-order valence-electron chi connectivity index (χ0n) is 18.6. The third kappa shape index (κ3) is 4.99. The van der Waals surface area contributed by atoms with Crippen LogP contribution in [0.25, 0.3) is 22.2 Å². The minimum Gasteiger partial charge on any atom is -0.397 e. The van der Waals surface area contributed by atoms with E-state index in [0.29, 0.717) is 5.70 Å². The lowest BCUT2D eigenvalue weighted by Gasteiger charge is -2.33. The Bertz CT molecular complexity index is 1150. The van der Waals surface area contributed by atoms with Crippen molar-refractivity contribution in [2.24, 2.45) is 11.6 Å². The average Bonchev–Trinajstić information content (AvgIpc) is 2.78. The SMILES string of the molecule is C=C(Nc1cc2cc(/C(N)=C/N(C)N)ccc2cn1)c1ccnc(N2CCN(C)CC2)c1. The quantitative estimate of drug-likeness (QED) is 0.405. The summed E-state index contributed by atoms with van der Waals surface area (Å²) in [6.45, 7) is 8.24. The molecule has 2 aromatic heterocycles. The summed E-state index contributed by atoms with van der Waals surface area (Å²) < 4.78 is 0. The molecule has 1 aromatic carbocycles. The van der Waals surface area contributed by atoms with Gasteiger partial charge in [-0.3, -0.25) is 0 Å². The molecule has 32 heavy (non-hydrogen) atoms. The van der Waals surface area contributed by atoms with Gasteiger partial charge in [0.05, 0.1) is 5.70 Å². The molecule has 166 valence electrons. The van der Waals surface area contributed by atoms with Crippen LogP contribution in [0.1, 0.15) is 11.1 Å². The van der Waals surface area contributed by atoms with Crippen LogP contribution in [0.3, 0.4) is 0 Å². The number of piperazine rings is 1. The molecule has 1 saturated heterocycles. The topological polar surface area (TPSA) is 99.6 Å². The fourth-order valence-corrected chi connectivity index (χ4v) is 3.72. The summed E-state index contributed by atoms with van der Waals surface area (Å²) >= 11 is 0. The number of nitrogens with two attached hydrogens (primary N) is 2. The van der Waals surface area contributed by atoms with Gasteiger partial charge < -0.3 is 25.9 Å². The Morgan fingerprint density at radius 3 is 2.59 bits per heavy atom. The van der Waals surface area contributed by atoms with Crippen molar-refractivity contribution >= 4 is 33.8 Å². The van der Waals surface area contributed by atoms with Crippen molar-refractivity contribution in [3.63, 3.8) is 0 Å². The number of hydrogen-bond donors (Lipinski definition) is 3. The number of nitrogens with one attached hydrogen (secondary N) is 1. The Kier molecular flexibility index (Phi) is 6.25. The highest BCUT2D eigenvalue weighted by molar-refractivity contribution is 5.88. The molecule has 0 unspecified atom stereocenters. The van der Waals surface area contributed by atoms with Crippen LogP contribution in [0.2, 0.25) is 0 Å². The van der Waals surface area contributed by atoms with Crippen LogP contribution in [0.15, 0.2) is 61.6 Å². The maximum Gasteiger partial charge on any atom is 0.130 e. The summed E-state index contributed by atoms with van der Waals surface area (Å²) in [6.07, 6.45) is 5.36. The summed E-state index contributed by atoms with van der Waals surface area (Å²) in [5, 5.41) is 6.83. The first-order valence-corrected chi connectivity index (χ1v) is 10.6. The van der Waals surface area contributed by atoms with Gasteiger partial charge in [0.2, 0.25) is 0 Å². The molecule has 0 amide bonds. The van der Waals surface area contributed by atoms with E-state index in [0.717, 1.165) is 65.4 Å². The average molecular weight is 431 g/mol. The van der Waals surface area contributed by atoms with Crippen LogP contribution in [0, 0.1) is 0 Å². The minimum absolute atomic E-state index is 0.598. The fourth-order valence-electron chi connectivity index (χ4n) is 3.72. The number of nitrogens with zero attached hydrogens (tertiary/aromatic N) is 5. The standard InChI is InChI=1S/C24H30N8/c1-17(18-6-7-27-24(14-18)32-10-8-30(2)9-11-32)29-23-13-21-12-19(22(25)16-31(3)26)4-5-20(21)15-28-23/h4-7,12-16H,1,8-11,25-26H2,2-3H3,(H,28,29)/b22-16-. The first kappa shape index (κ1) is 21.6. The number of aromatic nitrogens is 2. The Morgan fingerprint density at radius 2 is 1.84 bits per heavy atom. The van der Waals surface area contributed by atoms with Crippen LogP contribution in [-0.4, -0.2) is 60.2 Å². The normalized spacial score (nSPS) is 15.1. The third-order valence-electron chi connectivity index (χ3n) is 5.60. The highest BCUT2D eigenvalue weighted by Crippen LogP contribution is 2.24. The zero-order chi connectivity index (χ0) is 22.7. The van der Waals surface area contributed by atoms with Gasteiger partial charge in [-0.1, -0.05) is 18.7 Å². The summed E-state index contributed by atoms with van der Waals surface area (Å²) in [5.41, 5.74) is 9.41. The number of fused-ring (bicyclic) bond motifs is 1. The number of rotatable bonds is 6. The van der Waals surface area contributed by atoms with E-state index in [2.05, 4.69) is 44.8 Å². The first-order valence-electron chi connectivity index (χ1n) is 10.6. The van der Waals surface area contributed by atoms with Gasteiger partial charge in [0.25, 0.3) is 0 Å². The Hall–Kier alpha value is -3.62. The number of likely N-dealkylation sites (N-methyl/N-ethyl adjacent to an activating group) is 1. The smallest absolute Gasteiger partial charge is 0.130 e. The second-order valence-corrected chi connectivity index (χ2v) is 8.18. The summed E-state index contributed by atoms with van der Waals surface area (Å²) in [5.74, 6) is 7.37. The van der Waals surface area contributed by atoms with E-state index < -0.39 is 0 Å². The predicted octanol–water partition coefficient (Wildman–Crippen LogP) is 2.53. The molecule has 0 aliphatic carbocycles. The van der Waals surface area contributed by atoms with E-state index in [-0.39, 0.29) is 0 Å². The number of hydrazine groups is 1. The van der Waals surface area contributed by atoms with E-state index in [9.17, 15) is 0 Å². The van der Waals surface area contributed by atoms with Gasteiger partial charge in [0.15, 0.2) is 0 Å². The second-order valence-electron chi connectivity index (χ2n) is 8.18. The summed E-state index contributed by atoms with van der Waals surface area (Å²) in [4.78, 5) is 13.7. The Balaban J connectivity index is 1.53. The molecule has 1 aliphatic heterocycles. The molecule has 4 rings (SSSR count). The Labute approximate surface area is 188 Å². The summed E-state index contributed by atoms with van der Waals surface area (Å²) in [6, 6.07) is 12.0. The molecule has 0 atom stereocenters. The van der Waals surface area contributed by atoms with Gasteiger partial charge >= 0.3 is 0 Å². The zero-order valence-corrected chi connectivity index (χ0v) is 18.6. The van der Waals surface area contributed by atoms with Gasteiger partial charge in [-0.15, -0.1) is 0 Å². The number of benzene rings is 1. The van der Waals surface area contributed by atoms with Crippen molar-refractivity contribution in [2.45, 2.75) is 0 Å². The lowest BCUT2D eigenvalue weighted by Crippen LogP contribution is -2.44. The van der Waals surface area contributed by atoms with Gasteiger partial charge in [-0.25, -0.2) is 15.8 Å². The van der Waals surface area contributed by atoms with E-state index in [1.54, 1.807) is 13.2 Å². The lowest BCUT2D eigenvalue weighted by atomic mass is 10.1. The highest BCUT2D eigenvalue weighted by atomic mass is 15.4. The highest BCUT2D eigenvalue weighted by Gasteiger charge is 2.16. The minimum atomic E-state index is 0.598. The predicted molar refractivity (Wildman–Crippen MR) is 132 cm³/mol. The molecule has 0 radical (unpaired) electrons. The number of hydrogen-bond acceptors (Lipinski definition) is 8. The van der Waals surface area contributed by atoms with E-state index in [1.165, 1.54) is 5.01 Å². The van der Waals surface area contributed by atoms with Crippen LogP contribution in [0.4, 0.5) is 11.6 Å². The van der Waals surface area contributed by atoms with Crippen molar-refractivity contribution in [3.05, 3.63) is 72.7 Å². The molecule has 5 N–H and O–H groups in total. The fraction of sp³-hybridized carbons (Fsp3) is 0.250. The molecule has 8 nitrogen and oxygen atoms in total. The molecule has 3 aromatic rings. The number of anilines is 2. The van der Waals surface area contributed by atoms with Crippen molar-refractivity contribution in [1.82, 2.24) is 19.9 Å². The third-order valence-corrected chi connectivity index (χ3v) is 5.60. The molecule has 0 saturated carbocycles. The summed E-state index contributed by atoms with van der Waals surface area (Å²) in [7, 11) is 3.88. The van der Waals surface area contributed by atoms with Crippen LogP contribution < -0.4 is 21.8 Å². The van der Waals surface area contributed by atoms with Crippen LogP contribution >= 0.6 is 0 Å². The second kappa shape index (κ2) is 9.25. The maximum atomic E-state index is 6.15. The van der Waals surface area contributed by atoms with Crippen molar-refractivity contribution < 1.29 is 0 Å². The lowest BCUT2D eigenvalue weighted by molar-refractivity contribution is 0.312. The van der Waals surface area contributed by atoms with Crippen molar-refractivity contribution in [1.29, 1.82) is 0 Å². The molecule has 8 heteroatoms. The van der Waals surface area contributed by atoms with Gasteiger partial charge in [-0.2, -0.15) is 0 Å². The van der Waals surface area contributed by atoms with Crippen LogP contribution in [-0.2, 0) is 0 Å². The van der Waals surface area contributed by atoms with Gasteiger partial charge in [0.1, 0.15) is 11.6 Å². The Morgan fingerprint density at radius 1 is 1.06 bits per heavy atom. The molecular weight excluding hydrogens is 400 g/mol. The van der Waals surface area contributed by atoms with Crippen molar-refractivity contribution in [2.75, 3.05) is 50.5 Å². The molecule has 0 bridgehead atoms. The molecule has 1 fully saturated rings. The molecule has 3 heterocycles. The molecule has 0 spiro atoms. The van der Waals surface area contributed by atoms with Crippen LogP contribution in [0.5, 0.6) is 0 Å². The van der Waals surface area contributed by atoms with Crippen molar-refractivity contribution in [3.8, 4) is 0 Å². The van der Waals surface area contributed by atoms with Gasteiger partial charge in [-0.05, 0) is 42.3 Å². The molecular formula is C24H30N8. The maximum absolute atomic E-state index is 6.15. The van der Waals surface area contributed by atoms with Gasteiger partial charge in [0, 0.05) is 68.5 Å².